The van der Waals surface area contributed by atoms with Crippen LogP contribution in [-0.2, 0) is 0 Å². The molecule has 0 aliphatic carbocycles. The van der Waals surface area contributed by atoms with Crippen molar-refractivity contribution in [3.63, 3.8) is 0 Å². The molecular formula is C13H10N4O. The van der Waals surface area contributed by atoms with Gasteiger partial charge in [0.25, 0.3) is 0 Å². The van der Waals surface area contributed by atoms with E-state index in [0.29, 0.717) is 5.65 Å². The lowest BCUT2D eigenvalue weighted by atomic mass is 10.1. The number of amides is 1. The summed E-state index contributed by atoms with van der Waals surface area (Å²) in [6.07, 6.45) is 6.82. The van der Waals surface area contributed by atoms with Crippen molar-refractivity contribution >= 4 is 17.1 Å². The Kier molecular flexibility index (Phi) is 2.30. The summed E-state index contributed by atoms with van der Waals surface area (Å²) in [6, 6.07) is 7.06. The summed E-state index contributed by atoms with van der Waals surface area (Å²) in [7, 11) is 0. The second-order valence-electron chi connectivity index (χ2n) is 3.90. The molecule has 3 aromatic rings. The molecule has 0 bridgehead atoms. The summed E-state index contributed by atoms with van der Waals surface area (Å²) in [5, 5.41) is 0.871. The maximum absolute atomic E-state index is 11.2. The van der Waals surface area contributed by atoms with Crippen LogP contribution < -0.4 is 5.73 Å². The minimum atomic E-state index is -0.536. The van der Waals surface area contributed by atoms with Crippen LogP contribution >= 0.6 is 0 Å². The molecule has 0 radical (unpaired) electrons. The number of carbonyl (C=O) groups is 1. The normalized spacial score (nSPS) is 10.7. The van der Waals surface area contributed by atoms with Crippen LogP contribution in [0.3, 0.4) is 0 Å². The van der Waals surface area contributed by atoms with E-state index in [1.165, 1.54) is 4.57 Å². The van der Waals surface area contributed by atoms with Gasteiger partial charge in [-0.2, -0.15) is 0 Å². The van der Waals surface area contributed by atoms with Crippen LogP contribution in [0.15, 0.2) is 49.1 Å². The fourth-order valence-corrected chi connectivity index (χ4v) is 1.89. The molecule has 0 unspecified atom stereocenters. The average molecular weight is 238 g/mol. The van der Waals surface area contributed by atoms with Crippen LogP contribution in [-0.4, -0.2) is 20.6 Å². The van der Waals surface area contributed by atoms with Crippen LogP contribution in [0.25, 0.3) is 22.2 Å². The largest absolute Gasteiger partial charge is 0.351 e. The van der Waals surface area contributed by atoms with Gasteiger partial charge < -0.3 is 5.73 Å². The van der Waals surface area contributed by atoms with Gasteiger partial charge in [-0.3, -0.25) is 9.55 Å². The van der Waals surface area contributed by atoms with E-state index >= 15 is 0 Å². The Morgan fingerprint density at radius 2 is 2.11 bits per heavy atom. The fourth-order valence-electron chi connectivity index (χ4n) is 1.89. The van der Waals surface area contributed by atoms with Crippen LogP contribution in [0, 0.1) is 0 Å². The van der Waals surface area contributed by atoms with Gasteiger partial charge in [0, 0.05) is 41.3 Å². The fraction of sp³-hybridized carbons (Fsp3) is 0. The van der Waals surface area contributed by atoms with Gasteiger partial charge in [-0.05, 0) is 18.2 Å². The predicted octanol–water partition coefficient (Wildman–Crippen LogP) is 2.03. The zero-order valence-electron chi connectivity index (χ0n) is 9.45. The highest BCUT2D eigenvalue weighted by Gasteiger charge is 2.07. The van der Waals surface area contributed by atoms with Crippen molar-refractivity contribution in [3.05, 3.63) is 49.1 Å². The highest BCUT2D eigenvalue weighted by molar-refractivity contribution is 5.90. The summed E-state index contributed by atoms with van der Waals surface area (Å²) >= 11 is 0. The van der Waals surface area contributed by atoms with Gasteiger partial charge in [0.1, 0.15) is 5.65 Å². The number of nitrogens with zero attached hydrogens (tertiary/aromatic N) is 3. The second kappa shape index (κ2) is 3.96. The third kappa shape index (κ3) is 1.62. The Bertz CT molecular complexity index is 718. The zero-order valence-corrected chi connectivity index (χ0v) is 9.45. The first-order valence-corrected chi connectivity index (χ1v) is 5.43. The number of nitrogens with two attached hydrogens (primary N) is 1. The van der Waals surface area contributed by atoms with E-state index in [0.717, 1.165) is 16.5 Å². The van der Waals surface area contributed by atoms with E-state index < -0.39 is 6.03 Å². The van der Waals surface area contributed by atoms with E-state index in [4.69, 9.17) is 5.73 Å². The van der Waals surface area contributed by atoms with Crippen molar-refractivity contribution in [1.29, 1.82) is 0 Å². The van der Waals surface area contributed by atoms with Gasteiger partial charge in [0.15, 0.2) is 0 Å². The highest BCUT2D eigenvalue weighted by Crippen LogP contribution is 2.22. The van der Waals surface area contributed by atoms with E-state index in [1.54, 1.807) is 24.8 Å². The van der Waals surface area contributed by atoms with E-state index in [-0.39, 0.29) is 0 Å². The van der Waals surface area contributed by atoms with Crippen molar-refractivity contribution in [1.82, 2.24) is 14.5 Å². The Balaban J connectivity index is 2.16. The van der Waals surface area contributed by atoms with Gasteiger partial charge >= 0.3 is 6.03 Å². The SMILES string of the molecule is NC(=O)n1ccc2cc(-c3cccnc3)cnc21. The number of primary amides is 1. The quantitative estimate of drug-likeness (QED) is 0.704. The number of fused-ring (bicyclic) bond motifs is 1. The Morgan fingerprint density at radius 3 is 2.83 bits per heavy atom. The molecule has 0 spiro atoms. The number of aromatic nitrogens is 3. The molecule has 18 heavy (non-hydrogen) atoms. The molecule has 0 aliphatic heterocycles. The molecule has 0 saturated heterocycles. The molecule has 5 heteroatoms. The maximum atomic E-state index is 11.2. The smallest absolute Gasteiger partial charge is 0.324 e. The first kappa shape index (κ1) is 10.5. The van der Waals surface area contributed by atoms with Crippen molar-refractivity contribution < 1.29 is 4.79 Å². The molecule has 1 amide bonds. The van der Waals surface area contributed by atoms with Gasteiger partial charge in [-0.25, -0.2) is 9.78 Å². The first-order valence-electron chi connectivity index (χ1n) is 5.43. The molecule has 5 nitrogen and oxygen atoms in total. The zero-order chi connectivity index (χ0) is 12.5. The summed E-state index contributed by atoms with van der Waals surface area (Å²) in [6.45, 7) is 0. The van der Waals surface area contributed by atoms with Gasteiger partial charge in [-0.15, -0.1) is 0 Å². The van der Waals surface area contributed by atoms with Crippen LogP contribution in [0.1, 0.15) is 0 Å². The highest BCUT2D eigenvalue weighted by atomic mass is 16.2. The lowest BCUT2D eigenvalue weighted by Gasteiger charge is -2.02. The van der Waals surface area contributed by atoms with E-state index in [1.807, 2.05) is 24.3 Å². The molecule has 3 aromatic heterocycles. The molecule has 3 rings (SSSR count). The van der Waals surface area contributed by atoms with Crippen LogP contribution in [0.2, 0.25) is 0 Å². The molecule has 0 aliphatic rings. The van der Waals surface area contributed by atoms with Crippen molar-refractivity contribution in [2.24, 2.45) is 5.73 Å². The lowest BCUT2D eigenvalue weighted by molar-refractivity contribution is 0.251. The number of hydrogen-bond donors (Lipinski definition) is 1. The van der Waals surface area contributed by atoms with Gasteiger partial charge in [-0.1, -0.05) is 6.07 Å². The second-order valence-corrected chi connectivity index (χ2v) is 3.90. The Morgan fingerprint density at radius 1 is 1.22 bits per heavy atom. The van der Waals surface area contributed by atoms with E-state index in [9.17, 15) is 4.79 Å². The number of carbonyl (C=O) groups excluding carboxylic acids is 1. The molecule has 88 valence electrons. The minimum Gasteiger partial charge on any atom is -0.351 e. The molecule has 0 fully saturated rings. The standard InChI is InChI=1S/C13H10N4O/c14-13(18)17-5-3-9-6-11(8-16-12(9)17)10-2-1-4-15-7-10/h1-8H,(H2,14,18). The Labute approximate surface area is 103 Å². The molecule has 3 heterocycles. The molecular weight excluding hydrogens is 228 g/mol. The average Bonchev–Trinajstić information content (AvgIpc) is 2.82. The monoisotopic (exact) mass is 238 g/mol. The van der Waals surface area contributed by atoms with Crippen LogP contribution in [0.5, 0.6) is 0 Å². The summed E-state index contributed by atoms with van der Waals surface area (Å²) in [5.41, 5.74) is 7.75. The molecule has 0 atom stereocenters. The maximum Gasteiger partial charge on any atom is 0.324 e. The molecule has 0 aromatic carbocycles. The Hall–Kier alpha value is -2.69. The van der Waals surface area contributed by atoms with Gasteiger partial charge in [0.05, 0.1) is 0 Å². The van der Waals surface area contributed by atoms with Crippen molar-refractivity contribution in [3.8, 4) is 11.1 Å². The third-order valence-electron chi connectivity index (χ3n) is 2.76. The summed E-state index contributed by atoms with van der Waals surface area (Å²) in [5.74, 6) is 0. The van der Waals surface area contributed by atoms with E-state index in [2.05, 4.69) is 9.97 Å². The van der Waals surface area contributed by atoms with Crippen LogP contribution in [0.4, 0.5) is 4.79 Å². The molecule has 2 N–H and O–H groups in total. The number of rotatable bonds is 1. The minimum absolute atomic E-state index is 0.536. The van der Waals surface area contributed by atoms with Gasteiger partial charge in [0.2, 0.25) is 0 Å². The lowest BCUT2D eigenvalue weighted by Crippen LogP contribution is -2.18. The molecule has 0 saturated carbocycles. The topological polar surface area (TPSA) is 73.8 Å². The third-order valence-corrected chi connectivity index (χ3v) is 2.76. The van der Waals surface area contributed by atoms with Crippen molar-refractivity contribution in [2.45, 2.75) is 0 Å². The van der Waals surface area contributed by atoms with Crippen molar-refractivity contribution in [2.75, 3.05) is 0 Å². The summed E-state index contributed by atoms with van der Waals surface area (Å²) < 4.78 is 1.32. The number of hydrogen-bond acceptors (Lipinski definition) is 3. The summed E-state index contributed by atoms with van der Waals surface area (Å²) in [4.78, 5) is 19.5. The first-order chi connectivity index (χ1) is 8.75. The predicted molar refractivity (Wildman–Crippen MR) is 67.9 cm³/mol. The number of pyridine rings is 2.